The second kappa shape index (κ2) is 11.6. The molecule has 216 valence electrons. The molecule has 4 aromatic rings. The topological polar surface area (TPSA) is 73.2 Å². The number of carbonyl (C=O) groups excluding carboxylic acids is 1. The minimum Gasteiger partial charge on any atom is -0.497 e. The van der Waals surface area contributed by atoms with Crippen molar-refractivity contribution in [3.05, 3.63) is 74.4 Å². The highest BCUT2D eigenvalue weighted by atomic mass is 32.2. The van der Waals surface area contributed by atoms with Crippen LogP contribution in [0.1, 0.15) is 68.5 Å². The number of rotatable bonds is 7. The van der Waals surface area contributed by atoms with Gasteiger partial charge in [-0.05, 0) is 72.3 Å². The molecule has 8 heteroatoms. The molecule has 1 amide bonds. The second-order valence-electron chi connectivity index (χ2n) is 12.3. The minimum atomic E-state index is -0.134. The van der Waals surface area contributed by atoms with Crippen LogP contribution in [0.3, 0.4) is 0 Å². The lowest BCUT2D eigenvalue weighted by Gasteiger charge is -2.33. The van der Waals surface area contributed by atoms with E-state index >= 15 is 0 Å². The fourth-order valence-corrected chi connectivity index (χ4v) is 7.79. The lowest BCUT2D eigenvalue weighted by molar-refractivity contribution is -0.113. The number of aryl methyl sites for hydroxylation is 2. The van der Waals surface area contributed by atoms with E-state index in [2.05, 4.69) is 39.9 Å². The number of fused-ring (bicyclic) bond motifs is 3. The summed E-state index contributed by atoms with van der Waals surface area (Å²) in [7, 11) is 1.62. The minimum absolute atomic E-state index is 0.0777. The predicted octanol–water partition coefficient (Wildman–Crippen LogP) is 7.77. The Morgan fingerprint density at radius 1 is 1.22 bits per heavy atom. The fourth-order valence-electron chi connectivity index (χ4n) is 5.64. The molecular weight excluding hydrogens is 551 g/mol. The first kappa shape index (κ1) is 29.4. The van der Waals surface area contributed by atoms with Crippen LogP contribution in [0.4, 0.5) is 5.69 Å². The van der Waals surface area contributed by atoms with Gasteiger partial charge in [0.05, 0.1) is 23.9 Å². The molecule has 5 rings (SSSR count). The van der Waals surface area contributed by atoms with E-state index in [0.717, 1.165) is 57.5 Å². The molecule has 0 aliphatic heterocycles. The lowest BCUT2D eigenvalue weighted by atomic mass is 9.72. The van der Waals surface area contributed by atoms with E-state index in [9.17, 15) is 9.59 Å². The maximum absolute atomic E-state index is 14.3. The van der Waals surface area contributed by atoms with Crippen molar-refractivity contribution in [2.45, 2.75) is 71.9 Å². The van der Waals surface area contributed by atoms with E-state index in [4.69, 9.17) is 9.72 Å². The summed E-state index contributed by atoms with van der Waals surface area (Å²) in [6.45, 7) is 13.1. The van der Waals surface area contributed by atoms with E-state index in [1.165, 1.54) is 16.6 Å². The summed E-state index contributed by atoms with van der Waals surface area (Å²) in [5.41, 5.74) is 4.84. The predicted molar refractivity (Wildman–Crippen MR) is 171 cm³/mol. The molecule has 0 radical (unpaired) electrons. The average molecular weight is 590 g/mol. The third kappa shape index (κ3) is 5.95. The van der Waals surface area contributed by atoms with E-state index in [-0.39, 0.29) is 28.6 Å². The van der Waals surface area contributed by atoms with E-state index in [1.807, 2.05) is 49.4 Å². The quantitative estimate of drug-likeness (QED) is 0.176. The Labute approximate surface area is 250 Å². The Morgan fingerprint density at radius 2 is 1.98 bits per heavy atom. The molecule has 0 spiro atoms. The first-order chi connectivity index (χ1) is 19.5. The zero-order valence-electron chi connectivity index (χ0n) is 25.0. The maximum atomic E-state index is 14.3. The maximum Gasteiger partial charge on any atom is 0.267 e. The van der Waals surface area contributed by atoms with E-state index < -0.39 is 0 Å². The van der Waals surface area contributed by atoms with Crippen LogP contribution in [-0.4, -0.2) is 28.3 Å². The summed E-state index contributed by atoms with van der Waals surface area (Å²) in [5, 5.41) is 4.30. The Kier molecular flexibility index (Phi) is 8.35. The third-order valence-corrected chi connectivity index (χ3v) is 10.2. The molecule has 41 heavy (non-hydrogen) atoms. The highest BCUT2D eigenvalue weighted by Gasteiger charge is 2.32. The van der Waals surface area contributed by atoms with Crippen molar-refractivity contribution >= 4 is 44.9 Å². The zero-order valence-corrected chi connectivity index (χ0v) is 26.6. The van der Waals surface area contributed by atoms with Gasteiger partial charge < -0.3 is 10.1 Å². The highest BCUT2D eigenvalue weighted by Crippen LogP contribution is 2.42. The molecule has 0 fully saturated rings. The number of benzene rings is 2. The number of methoxy groups -OCH3 is 1. The van der Waals surface area contributed by atoms with Crippen molar-refractivity contribution in [2.24, 2.45) is 11.3 Å². The first-order valence-electron chi connectivity index (χ1n) is 14.2. The van der Waals surface area contributed by atoms with Gasteiger partial charge in [-0.15, -0.1) is 11.3 Å². The molecule has 6 nitrogen and oxygen atoms in total. The number of nitrogens with one attached hydrogen (secondary N) is 1. The van der Waals surface area contributed by atoms with Crippen molar-refractivity contribution in [3.8, 4) is 11.4 Å². The van der Waals surface area contributed by atoms with Gasteiger partial charge in [0.25, 0.3) is 5.56 Å². The number of para-hydroxylation sites is 1. The molecule has 2 heterocycles. The van der Waals surface area contributed by atoms with Gasteiger partial charge in [0, 0.05) is 16.6 Å². The van der Waals surface area contributed by atoms with Crippen LogP contribution in [0.5, 0.6) is 5.75 Å². The van der Waals surface area contributed by atoms with Gasteiger partial charge in [0.15, 0.2) is 5.16 Å². The molecule has 1 aliphatic rings. The molecule has 0 saturated heterocycles. The second-order valence-corrected chi connectivity index (χ2v) is 14.3. The summed E-state index contributed by atoms with van der Waals surface area (Å²) >= 11 is 2.93. The molecule has 1 aliphatic carbocycles. The van der Waals surface area contributed by atoms with Crippen molar-refractivity contribution in [1.29, 1.82) is 0 Å². The number of carbonyl (C=O) groups is 1. The van der Waals surface area contributed by atoms with Gasteiger partial charge >= 0.3 is 0 Å². The SMILES string of the molecule is COc1ccc(C)c(-n2c(SCC(=O)Nc3ccccc3C(C)C)nc3sc4c(c3c2=O)CC[C@H](C(C)(C)C)C4)c1. The molecular formula is C33H39N3O3S2. The van der Waals surface area contributed by atoms with E-state index in [0.29, 0.717) is 16.8 Å². The molecule has 1 atom stereocenters. The Balaban J connectivity index is 1.56. The van der Waals surface area contributed by atoms with Crippen molar-refractivity contribution in [1.82, 2.24) is 9.55 Å². The Bertz CT molecular complexity index is 1660. The number of thiophene rings is 1. The molecule has 0 saturated carbocycles. The normalized spacial score (nSPS) is 15.3. The van der Waals surface area contributed by atoms with Crippen LogP contribution in [0.2, 0.25) is 0 Å². The Hall–Kier alpha value is -3.10. The zero-order chi connectivity index (χ0) is 29.5. The third-order valence-electron chi connectivity index (χ3n) is 8.12. The molecule has 2 aromatic carbocycles. The summed E-state index contributed by atoms with van der Waals surface area (Å²) in [6.07, 6.45) is 2.92. The van der Waals surface area contributed by atoms with Crippen LogP contribution in [-0.2, 0) is 17.6 Å². The number of nitrogens with zero attached hydrogens (tertiary/aromatic N) is 2. The highest BCUT2D eigenvalue weighted by molar-refractivity contribution is 7.99. The van der Waals surface area contributed by atoms with Gasteiger partial charge in [0.1, 0.15) is 10.6 Å². The number of hydrogen-bond acceptors (Lipinski definition) is 6. The van der Waals surface area contributed by atoms with Crippen LogP contribution >= 0.6 is 23.1 Å². The molecule has 0 bridgehead atoms. The number of anilines is 1. The summed E-state index contributed by atoms with van der Waals surface area (Å²) in [6, 6.07) is 13.6. The number of hydrogen-bond donors (Lipinski definition) is 1. The first-order valence-corrected chi connectivity index (χ1v) is 16.0. The van der Waals surface area contributed by atoms with Gasteiger partial charge in [-0.2, -0.15) is 0 Å². The summed E-state index contributed by atoms with van der Waals surface area (Å²) < 4.78 is 7.19. The number of amides is 1. The van der Waals surface area contributed by atoms with Crippen molar-refractivity contribution in [2.75, 3.05) is 18.2 Å². The Morgan fingerprint density at radius 3 is 2.68 bits per heavy atom. The smallest absolute Gasteiger partial charge is 0.267 e. The summed E-state index contributed by atoms with van der Waals surface area (Å²) in [4.78, 5) is 34.6. The van der Waals surface area contributed by atoms with Crippen LogP contribution in [0.25, 0.3) is 15.9 Å². The molecule has 2 aromatic heterocycles. The summed E-state index contributed by atoms with van der Waals surface area (Å²) in [5.74, 6) is 1.51. The van der Waals surface area contributed by atoms with E-state index in [1.54, 1.807) is 23.0 Å². The van der Waals surface area contributed by atoms with Crippen LogP contribution in [0.15, 0.2) is 52.4 Å². The van der Waals surface area contributed by atoms with Gasteiger partial charge in [0.2, 0.25) is 5.91 Å². The standard InChI is InChI=1S/C33H39N3O3S2/c1-19(2)23-10-8-9-11-25(23)34-28(37)18-40-32-35-30-29(24-15-13-21(33(4,5)6)16-27(24)41-30)31(38)36(32)26-17-22(39-7)14-12-20(26)3/h8-12,14,17,19,21H,13,15-16,18H2,1-7H3,(H,34,37)/t21-/m0/s1. The fraction of sp³-hybridized carbons (Fsp3) is 0.424. The average Bonchev–Trinajstić information content (AvgIpc) is 3.30. The van der Waals surface area contributed by atoms with Gasteiger partial charge in [-0.3, -0.25) is 14.2 Å². The lowest BCUT2D eigenvalue weighted by Crippen LogP contribution is -2.27. The van der Waals surface area contributed by atoms with Crippen molar-refractivity contribution < 1.29 is 9.53 Å². The van der Waals surface area contributed by atoms with Crippen molar-refractivity contribution in [3.63, 3.8) is 0 Å². The van der Waals surface area contributed by atoms with Gasteiger partial charge in [-0.1, -0.05) is 70.6 Å². The monoisotopic (exact) mass is 589 g/mol. The number of thioether (sulfide) groups is 1. The molecule has 1 N–H and O–H groups in total. The van der Waals surface area contributed by atoms with Crippen LogP contribution < -0.4 is 15.6 Å². The largest absolute Gasteiger partial charge is 0.497 e. The number of aromatic nitrogens is 2. The molecule has 0 unspecified atom stereocenters. The number of ether oxygens (including phenoxy) is 1. The van der Waals surface area contributed by atoms with Crippen LogP contribution in [0, 0.1) is 18.3 Å². The van der Waals surface area contributed by atoms with Gasteiger partial charge in [-0.25, -0.2) is 4.98 Å².